The highest BCUT2D eigenvalue weighted by Gasteiger charge is 2.51. The molecule has 0 saturated heterocycles. The molecule has 6 unspecified atom stereocenters. The van der Waals surface area contributed by atoms with Crippen molar-refractivity contribution in [1.82, 2.24) is 0 Å². The van der Waals surface area contributed by atoms with E-state index in [0.29, 0.717) is 6.42 Å². The molecule has 0 spiro atoms. The molecule has 0 aromatic rings. The van der Waals surface area contributed by atoms with Gasteiger partial charge in [-0.25, -0.2) is 9.36 Å². The van der Waals surface area contributed by atoms with Crippen molar-refractivity contribution < 1.29 is 63.1 Å². The van der Waals surface area contributed by atoms with Crippen LogP contribution in [-0.2, 0) is 32.7 Å². The summed E-state index contributed by atoms with van der Waals surface area (Å²) < 4.78 is 33.2. The van der Waals surface area contributed by atoms with E-state index in [2.05, 4.69) is 13.8 Å². The molecule has 14 heteroatoms. The van der Waals surface area contributed by atoms with Gasteiger partial charge in [0.05, 0.1) is 6.61 Å². The molecule has 8 atom stereocenters. The Hall–Kier alpha value is -1.67. The first-order chi connectivity index (χ1) is 26.4. The molecule has 0 aromatic heterocycles. The van der Waals surface area contributed by atoms with E-state index in [9.17, 15) is 44.6 Å². The molecular weight excluding hydrogens is 731 g/mol. The maximum absolute atomic E-state index is 12.7. The Morgan fingerprint density at radius 3 is 1.53 bits per heavy atom. The maximum atomic E-state index is 12.7. The fraction of sp³-hybridized carbons (Fsp3) is 0.854. The smallest absolute Gasteiger partial charge is 0.462 e. The second-order valence-electron chi connectivity index (χ2n) is 14.9. The number of carbonyl (C=O) groups is 2. The quantitative estimate of drug-likeness (QED) is 0.0124. The van der Waals surface area contributed by atoms with Crippen LogP contribution in [0.2, 0.25) is 0 Å². The number of carbonyl (C=O) groups excluding carboxylic acids is 2. The molecule has 322 valence electrons. The molecule has 1 saturated carbocycles. The third-order valence-electron chi connectivity index (χ3n) is 9.90. The summed E-state index contributed by atoms with van der Waals surface area (Å²) in [5.74, 6) is -1.35. The number of aliphatic hydroxyl groups is 5. The minimum absolute atomic E-state index is 0.151. The van der Waals surface area contributed by atoms with Gasteiger partial charge in [-0.2, -0.15) is 0 Å². The van der Waals surface area contributed by atoms with Gasteiger partial charge in [0.2, 0.25) is 0 Å². The van der Waals surface area contributed by atoms with Crippen molar-refractivity contribution in [2.45, 2.75) is 211 Å². The van der Waals surface area contributed by atoms with Crippen molar-refractivity contribution in [3.63, 3.8) is 0 Å². The van der Waals surface area contributed by atoms with Crippen LogP contribution in [0.3, 0.4) is 0 Å². The zero-order valence-electron chi connectivity index (χ0n) is 33.7. The van der Waals surface area contributed by atoms with Crippen molar-refractivity contribution in [3.8, 4) is 0 Å². The SMILES string of the molecule is CCCCCCCCCCCCC/C=C/C=C/C(=O)O[C@H](COC(=O)CCCCCCCCCCCCC)COP(=O)(O)OC1C(O)C(O)C(O)[C@@H](O)C1O. The summed E-state index contributed by atoms with van der Waals surface area (Å²) in [4.78, 5) is 35.4. The summed E-state index contributed by atoms with van der Waals surface area (Å²) in [5.41, 5.74) is 0. The summed E-state index contributed by atoms with van der Waals surface area (Å²) in [7, 11) is -5.13. The number of hydrogen-bond acceptors (Lipinski definition) is 12. The molecule has 0 aromatic carbocycles. The Bertz CT molecular complexity index is 1070. The number of phosphoric ester groups is 1. The molecule has 55 heavy (non-hydrogen) atoms. The van der Waals surface area contributed by atoms with E-state index in [4.69, 9.17) is 18.5 Å². The number of phosphoric acid groups is 1. The van der Waals surface area contributed by atoms with Crippen molar-refractivity contribution in [1.29, 1.82) is 0 Å². The van der Waals surface area contributed by atoms with Gasteiger partial charge in [0.15, 0.2) is 6.10 Å². The van der Waals surface area contributed by atoms with Crippen LogP contribution in [0, 0.1) is 0 Å². The number of ether oxygens (including phenoxy) is 2. The van der Waals surface area contributed by atoms with E-state index < -0.39 is 75.7 Å². The van der Waals surface area contributed by atoms with Gasteiger partial charge in [0.1, 0.15) is 43.2 Å². The van der Waals surface area contributed by atoms with E-state index in [1.165, 1.54) is 109 Å². The Morgan fingerprint density at radius 1 is 0.600 bits per heavy atom. The molecule has 1 aliphatic rings. The van der Waals surface area contributed by atoms with Crippen LogP contribution >= 0.6 is 7.82 Å². The van der Waals surface area contributed by atoms with Gasteiger partial charge in [-0.3, -0.25) is 13.8 Å². The third-order valence-corrected chi connectivity index (χ3v) is 10.9. The molecular formula is C41H75O13P. The lowest BCUT2D eigenvalue weighted by Crippen LogP contribution is -2.64. The van der Waals surface area contributed by atoms with Gasteiger partial charge >= 0.3 is 19.8 Å². The molecule has 1 fully saturated rings. The Morgan fingerprint density at radius 2 is 1.04 bits per heavy atom. The van der Waals surface area contributed by atoms with E-state index in [-0.39, 0.29) is 6.42 Å². The van der Waals surface area contributed by atoms with Crippen molar-refractivity contribution in [3.05, 3.63) is 24.3 Å². The first-order valence-electron chi connectivity index (χ1n) is 21.2. The van der Waals surface area contributed by atoms with Crippen molar-refractivity contribution in [2.75, 3.05) is 13.2 Å². The predicted octanol–water partition coefficient (Wildman–Crippen LogP) is 7.28. The molecule has 6 N–H and O–H groups in total. The van der Waals surface area contributed by atoms with Crippen LogP contribution < -0.4 is 0 Å². The van der Waals surface area contributed by atoms with Crippen LogP contribution in [0.25, 0.3) is 0 Å². The topological polar surface area (TPSA) is 210 Å². The van der Waals surface area contributed by atoms with Crippen LogP contribution in [0.15, 0.2) is 24.3 Å². The summed E-state index contributed by atoms with van der Waals surface area (Å²) in [5, 5.41) is 50.0. The summed E-state index contributed by atoms with van der Waals surface area (Å²) in [6.07, 6.45) is 20.3. The average Bonchev–Trinajstić information content (AvgIpc) is 3.16. The molecule has 0 aliphatic heterocycles. The number of esters is 2. The lowest BCUT2D eigenvalue weighted by molar-refractivity contribution is -0.220. The van der Waals surface area contributed by atoms with Crippen molar-refractivity contribution in [2.24, 2.45) is 0 Å². The maximum Gasteiger partial charge on any atom is 0.472 e. The van der Waals surface area contributed by atoms with Crippen LogP contribution in [0.1, 0.15) is 168 Å². The zero-order valence-corrected chi connectivity index (χ0v) is 34.6. The van der Waals surface area contributed by atoms with Gasteiger partial charge in [0.25, 0.3) is 0 Å². The highest BCUT2D eigenvalue weighted by molar-refractivity contribution is 7.47. The second-order valence-corrected chi connectivity index (χ2v) is 16.3. The van der Waals surface area contributed by atoms with Gasteiger partial charge in [-0.1, -0.05) is 160 Å². The van der Waals surface area contributed by atoms with Crippen molar-refractivity contribution >= 4 is 19.8 Å². The fourth-order valence-corrected chi connectivity index (χ4v) is 7.40. The number of allylic oxidation sites excluding steroid dienone is 3. The van der Waals surface area contributed by atoms with E-state index >= 15 is 0 Å². The molecule has 0 amide bonds. The highest BCUT2D eigenvalue weighted by atomic mass is 31.2. The standard InChI is InChI=1S/C41H75O13P/c1-3-5-7-9-11-13-15-16-17-18-20-22-24-26-28-30-35(43)53-33(31-51-34(42)29-27-25-23-21-19-14-12-10-8-6-4-2)32-52-55(49,50)54-41-39(47)37(45)36(44)38(46)40(41)48/h24,26,28,30,33,36-41,44-48H,3-23,25,27,29,31-32H2,1-2H3,(H,49,50)/b26-24+,30-28+/t33-,36?,37-,38?,39?,40?,41?/m1/s1. The van der Waals surface area contributed by atoms with E-state index in [0.717, 1.165) is 44.6 Å². The molecule has 0 radical (unpaired) electrons. The van der Waals surface area contributed by atoms with Crippen LogP contribution in [0.5, 0.6) is 0 Å². The van der Waals surface area contributed by atoms with Crippen LogP contribution in [0.4, 0.5) is 0 Å². The van der Waals surface area contributed by atoms with Crippen LogP contribution in [-0.4, -0.2) is 98.3 Å². The first kappa shape index (κ1) is 51.3. The van der Waals surface area contributed by atoms with Gasteiger partial charge in [-0.15, -0.1) is 0 Å². The molecule has 13 nitrogen and oxygen atoms in total. The lowest BCUT2D eigenvalue weighted by atomic mass is 9.85. The first-order valence-corrected chi connectivity index (χ1v) is 22.7. The fourth-order valence-electron chi connectivity index (χ4n) is 6.43. The number of rotatable bonds is 34. The predicted molar refractivity (Wildman–Crippen MR) is 212 cm³/mol. The zero-order chi connectivity index (χ0) is 40.7. The minimum atomic E-state index is -5.13. The van der Waals surface area contributed by atoms with Gasteiger partial charge in [0, 0.05) is 12.5 Å². The summed E-state index contributed by atoms with van der Waals surface area (Å²) >= 11 is 0. The summed E-state index contributed by atoms with van der Waals surface area (Å²) in [6.45, 7) is 3.17. The molecule has 0 heterocycles. The number of unbranched alkanes of at least 4 members (excludes halogenated alkanes) is 21. The highest BCUT2D eigenvalue weighted by Crippen LogP contribution is 2.47. The number of aliphatic hydroxyl groups excluding tert-OH is 5. The Labute approximate surface area is 330 Å². The van der Waals surface area contributed by atoms with Gasteiger partial charge in [-0.05, 0) is 19.3 Å². The molecule has 1 rings (SSSR count). The van der Waals surface area contributed by atoms with Gasteiger partial charge < -0.3 is 39.9 Å². The average molecular weight is 807 g/mol. The molecule has 0 bridgehead atoms. The Balaban J connectivity index is 2.56. The Kier molecular flexibility index (Phi) is 30.2. The largest absolute Gasteiger partial charge is 0.472 e. The number of hydrogen-bond donors (Lipinski definition) is 6. The minimum Gasteiger partial charge on any atom is -0.462 e. The third kappa shape index (κ3) is 25.3. The van der Waals surface area contributed by atoms with E-state index in [1.807, 2.05) is 6.08 Å². The normalized spacial score (nSPS) is 23.3. The van der Waals surface area contributed by atoms with E-state index in [1.54, 1.807) is 6.08 Å². The summed E-state index contributed by atoms with van der Waals surface area (Å²) in [6, 6.07) is 0. The second kappa shape index (κ2) is 32.3. The molecule has 1 aliphatic carbocycles. The lowest BCUT2D eigenvalue weighted by Gasteiger charge is -2.41. The monoisotopic (exact) mass is 806 g/mol.